The molecule has 0 amide bonds. The van der Waals surface area contributed by atoms with Crippen LogP contribution in [-0.2, 0) is 0 Å². The summed E-state index contributed by atoms with van der Waals surface area (Å²) in [5.74, 6) is 1.58. The van der Waals surface area contributed by atoms with E-state index >= 15 is 0 Å². The zero-order valence-electron chi connectivity index (χ0n) is 8.98. The van der Waals surface area contributed by atoms with Gasteiger partial charge in [-0.15, -0.1) is 0 Å². The molecule has 1 saturated heterocycles. The summed E-state index contributed by atoms with van der Waals surface area (Å²) in [7, 11) is 0. The normalized spacial score (nSPS) is 23.7. The molecule has 0 radical (unpaired) electrons. The second-order valence-corrected chi connectivity index (χ2v) is 4.86. The number of anilines is 1. The van der Waals surface area contributed by atoms with E-state index in [-0.39, 0.29) is 5.54 Å². The first-order valence-corrected chi connectivity index (χ1v) is 5.51. The average Bonchev–Trinajstić information content (AvgIpc) is 2.96. The molecule has 0 aromatic carbocycles. The molecule has 2 N–H and O–H groups in total. The molecule has 1 aliphatic heterocycles. The van der Waals surface area contributed by atoms with Crippen molar-refractivity contribution in [3.05, 3.63) is 18.0 Å². The molecule has 15 heavy (non-hydrogen) atoms. The molecular formula is C11H16N4. The van der Waals surface area contributed by atoms with Crippen molar-refractivity contribution >= 4 is 5.95 Å². The minimum Gasteiger partial charge on any atom is -0.337 e. The van der Waals surface area contributed by atoms with Gasteiger partial charge in [0.05, 0.1) is 5.54 Å². The first kappa shape index (κ1) is 9.09. The Morgan fingerprint density at radius 2 is 2.20 bits per heavy atom. The molecule has 0 spiro atoms. The molecule has 3 rings (SSSR count). The maximum absolute atomic E-state index is 6.28. The van der Waals surface area contributed by atoms with Crippen LogP contribution >= 0.6 is 0 Å². The van der Waals surface area contributed by atoms with Crippen LogP contribution in [0.15, 0.2) is 12.3 Å². The van der Waals surface area contributed by atoms with Crippen molar-refractivity contribution in [1.29, 1.82) is 0 Å². The molecule has 4 heteroatoms. The van der Waals surface area contributed by atoms with Crippen LogP contribution < -0.4 is 10.6 Å². The third-order valence-corrected chi connectivity index (χ3v) is 3.43. The standard InChI is InChI=1S/C11H16N4/c1-8-4-5-13-10(14-8)15-6-11(12,7-15)9-2-3-9/h4-5,9H,2-3,6-7,12H2,1H3. The van der Waals surface area contributed by atoms with Gasteiger partial charge in [-0.1, -0.05) is 0 Å². The zero-order chi connectivity index (χ0) is 10.5. The maximum atomic E-state index is 6.28. The Morgan fingerprint density at radius 1 is 1.47 bits per heavy atom. The van der Waals surface area contributed by atoms with E-state index in [2.05, 4.69) is 14.9 Å². The Hall–Kier alpha value is -1.16. The molecule has 2 heterocycles. The van der Waals surface area contributed by atoms with E-state index in [1.807, 2.05) is 19.2 Å². The smallest absolute Gasteiger partial charge is 0.225 e. The van der Waals surface area contributed by atoms with Crippen LogP contribution in [0, 0.1) is 12.8 Å². The number of nitrogens with two attached hydrogens (primary N) is 1. The van der Waals surface area contributed by atoms with Crippen molar-refractivity contribution in [3.8, 4) is 0 Å². The number of aryl methyl sites for hydroxylation is 1. The van der Waals surface area contributed by atoms with Gasteiger partial charge in [0.1, 0.15) is 0 Å². The lowest BCUT2D eigenvalue weighted by Crippen LogP contribution is -2.69. The lowest BCUT2D eigenvalue weighted by Gasteiger charge is -2.48. The van der Waals surface area contributed by atoms with Crippen LogP contribution in [0.5, 0.6) is 0 Å². The highest BCUT2D eigenvalue weighted by Crippen LogP contribution is 2.43. The Morgan fingerprint density at radius 3 is 2.80 bits per heavy atom. The number of hydrogen-bond acceptors (Lipinski definition) is 4. The number of rotatable bonds is 2. The van der Waals surface area contributed by atoms with Gasteiger partial charge in [0.25, 0.3) is 0 Å². The van der Waals surface area contributed by atoms with Gasteiger partial charge < -0.3 is 10.6 Å². The van der Waals surface area contributed by atoms with Gasteiger partial charge >= 0.3 is 0 Å². The molecule has 1 aliphatic carbocycles. The Labute approximate surface area is 89.5 Å². The molecule has 2 fully saturated rings. The van der Waals surface area contributed by atoms with Gasteiger partial charge in [0.15, 0.2) is 0 Å². The highest BCUT2D eigenvalue weighted by Gasteiger charge is 2.50. The summed E-state index contributed by atoms with van der Waals surface area (Å²) in [6.07, 6.45) is 4.42. The van der Waals surface area contributed by atoms with E-state index in [0.717, 1.165) is 30.6 Å². The Bertz CT molecular complexity index is 380. The fourth-order valence-corrected chi connectivity index (χ4v) is 2.31. The first-order valence-electron chi connectivity index (χ1n) is 5.51. The summed E-state index contributed by atoms with van der Waals surface area (Å²) in [6.45, 7) is 3.82. The zero-order valence-corrected chi connectivity index (χ0v) is 8.98. The summed E-state index contributed by atoms with van der Waals surface area (Å²) in [5.41, 5.74) is 7.34. The molecule has 0 unspecified atom stereocenters. The highest BCUT2D eigenvalue weighted by molar-refractivity contribution is 5.39. The van der Waals surface area contributed by atoms with E-state index in [0.29, 0.717) is 0 Å². The summed E-state index contributed by atoms with van der Waals surface area (Å²) in [4.78, 5) is 10.8. The largest absolute Gasteiger partial charge is 0.337 e. The fraction of sp³-hybridized carbons (Fsp3) is 0.636. The van der Waals surface area contributed by atoms with Crippen molar-refractivity contribution in [2.45, 2.75) is 25.3 Å². The predicted molar refractivity (Wildman–Crippen MR) is 58.6 cm³/mol. The average molecular weight is 204 g/mol. The highest BCUT2D eigenvalue weighted by atomic mass is 15.3. The molecule has 4 nitrogen and oxygen atoms in total. The Balaban J connectivity index is 1.71. The van der Waals surface area contributed by atoms with Gasteiger partial charge in [-0.05, 0) is 31.7 Å². The summed E-state index contributed by atoms with van der Waals surface area (Å²) < 4.78 is 0. The SMILES string of the molecule is Cc1ccnc(N2CC(N)(C3CC3)C2)n1. The van der Waals surface area contributed by atoms with E-state index in [1.54, 1.807) is 0 Å². The van der Waals surface area contributed by atoms with Crippen molar-refractivity contribution < 1.29 is 0 Å². The number of hydrogen-bond donors (Lipinski definition) is 1. The minimum absolute atomic E-state index is 0.0487. The van der Waals surface area contributed by atoms with Crippen LogP contribution in [0.1, 0.15) is 18.5 Å². The maximum Gasteiger partial charge on any atom is 0.225 e. The third kappa shape index (κ3) is 1.49. The summed E-state index contributed by atoms with van der Waals surface area (Å²) >= 11 is 0. The monoisotopic (exact) mass is 204 g/mol. The molecule has 1 aromatic rings. The molecule has 0 bridgehead atoms. The number of nitrogens with zero attached hydrogens (tertiary/aromatic N) is 3. The van der Waals surface area contributed by atoms with Crippen molar-refractivity contribution in [1.82, 2.24) is 9.97 Å². The van der Waals surface area contributed by atoms with Crippen LogP contribution in [0.2, 0.25) is 0 Å². The topological polar surface area (TPSA) is 55.0 Å². The summed E-state index contributed by atoms with van der Waals surface area (Å²) in [5, 5.41) is 0. The van der Waals surface area contributed by atoms with E-state index in [9.17, 15) is 0 Å². The second-order valence-electron chi connectivity index (χ2n) is 4.86. The van der Waals surface area contributed by atoms with Crippen LogP contribution in [0.3, 0.4) is 0 Å². The van der Waals surface area contributed by atoms with Crippen molar-refractivity contribution in [3.63, 3.8) is 0 Å². The second kappa shape index (κ2) is 2.92. The molecule has 1 saturated carbocycles. The van der Waals surface area contributed by atoms with E-state index < -0.39 is 0 Å². The quantitative estimate of drug-likeness (QED) is 0.771. The van der Waals surface area contributed by atoms with E-state index in [4.69, 9.17) is 5.73 Å². The van der Waals surface area contributed by atoms with Gasteiger partial charge in [0, 0.05) is 25.0 Å². The Kier molecular flexibility index (Phi) is 1.77. The molecule has 1 aromatic heterocycles. The first-order chi connectivity index (χ1) is 7.17. The van der Waals surface area contributed by atoms with E-state index in [1.165, 1.54) is 12.8 Å². The lowest BCUT2D eigenvalue weighted by molar-refractivity contribution is 0.287. The van der Waals surface area contributed by atoms with Crippen molar-refractivity contribution in [2.75, 3.05) is 18.0 Å². The summed E-state index contributed by atoms with van der Waals surface area (Å²) in [6, 6.07) is 1.92. The molecule has 2 aliphatic rings. The van der Waals surface area contributed by atoms with Gasteiger partial charge in [-0.2, -0.15) is 0 Å². The fourth-order valence-electron chi connectivity index (χ4n) is 2.31. The van der Waals surface area contributed by atoms with Crippen LogP contribution in [0.25, 0.3) is 0 Å². The van der Waals surface area contributed by atoms with Crippen molar-refractivity contribution in [2.24, 2.45) is 11.7 Å². The lowest BCUT2D eigenvalue weighted by atomic mass is 9.86. The number of aromatic nitrogens is 2. The molecule has 0 atom stereocenters. The predicted octanol–water partition coefficient (Wildman–Crippen LogP) is 0.713. The minimum atomic E-state index is 0.0487. The van der Waals surface area contributed by atoms with Gasteiger partial charge in [-0.25, -0.2) is 9.97 Å². The van der Waals surface area contributed by atoms with Gasteiger partial charge in [0.2, 0.25) is 5.95 Å². The third-order valence-electron chi connectivity index (χ3n) is 3.43. The van der Waals surface area contributed by atoms with Crippen LogP contribution in [0.4, 0.5) is 5.95 Å². The molecule has 80 valence electrons. The van der Waals surface area contributed by atoms with Gasteiger partial charge in [-0.3, -0.25) is 0 Å². The van der Waals surface area contributed by atoms with Crippen LogP contribution in [-0.4, -0.2) is 28.6 Å². The molecular weight excluding hydrogens is 188 g/mol.